The number of alkyl halides is 1. The van der Waals surface area contributed by atoms with Crippen molar-refractivity contribution in [3.63, 3.8) is 0 Å². The van der Waals surface area contributed by atoms with E-state index < -0.39 is 5.60 Å². The highest BCUT2D eigenvalue weighted by atomic mass is 35.5. The van der Waals surface area contributed by atoms with Crippen LogP contribution in [0.25, 0.3) is 0 Å². The summed E-state index contributed by atoms with van der Waals surface area (Å²) in [5.74, 6) is 0.420. The average molecular weight is 197 g/mol. The van der Waals surface area contributed by atoms with Crippen molar-refractivity contribution in [3.8, 4) is 0 Å². The zero-order valence-electron chi connectivity index (χ0n) is 7.57. The normalized spacial score (nSPS) is 15.9. The molecule has 1 nitrogen and oxygen atoms in total. The summed E-state index contributed by atoms with van der Waals surface area (Å²) in [6.07, 6.45) is 3.45. The van der Waals surface area contributed by atoms with E-state index in [1.54, 1.807) is 19.1 Å². The highest BCUT2D eigenvalue weighted by Gasteiger charge is 2.17. The van der Waals surface area contributed by atoms with Crippen LogP contribution in [0.1, 0.15) is 12.5 Å². The largest absolute Gasteiger partial charge is 0.381 e. The third kappa shape index (κ3) is 2.87. The molecule has 1 atom stereocenters. The lowest BCUT2D eigenvalue weighted by Gasteiger charge is -2.19. The molecule has 0 bridgehead atoms. The zero-order valence-corrected chi connectivity index (χ0v) is 8.33. The molecule has 2 heteroatoms. The molecule has 0 amide bonds. The highest BCUT2D eigenvalue weighted by Crippen LogP contribution is 2.21. The van der Waals surface area contributed by atoms with Gasteiger partial charge in [-0.15, -0.1) is 11.6 Å². The van der Waals surface area contributed by atoms with Gasteiger partial charge >= 0.3 is 0 Å². The van der Waals surface area contributed by atoms with Gasteiger partial charge in [-0.25, -0.2) is 0 Å². The fraction of sp³-hybridized carbons (Fsp3) is 0.273. The summed E-state index contributed by atoms with van der Waals surface area (Å²) >= 11 is 5.50. The topological polar surface area (TPSA) is 20.2 Å². The Kier molecular flexibility index (Phi) is 3.52. The monoisotopic (exact) mass is 196 g/mol. The molecule has 13 heavy (non-hydrogen) atoms. The molecule has 1 aromatic carbocycles. The van der Waals surface area contributed by atoms with E-state index in [9.17, 15) is 5.11 Å². The molecule has 0 aliphatic heterocycles. The number of hydrogen-bond donors (Lipinski definition) is 1. The summed E-state index contributed by atoms with van der Waals surface area (Å²) in [6, 6.07) is 9.50. The Labute approximate surface area is 83.7 Å². The molecule has 1 N–H and O–H groups in total. The summed E-state index contributed by atoms with van der Waals surface area (Å²) in [5.41, 5.74) is -0.0489. The van der Waals surface area contributed by atoms with E-state index in [0.29, 0.717) is 5.88 Å². The fourth-order valence-electron chi connectivity index (χ4n) is 1.15. The van der Waals surface area contributed by atoms with Crippen molar-refractivity contribution in [2.75, 3.05) is 5.88 Å². The number of aliphatic hydroxyl groups is 1. The van der Waals surface area contributed by atoms with Crippen molar-refractivity contribution in [2.24, 2.45) is 0 Å². The van der Waals surface area contributed by atoms with Gasteiger partial charge < -0.3 is 5.11 Å². The van der Waals surface area contributed by atoms with Crippen molar-refractivity contribution in [3.05, 3.63) is 48.0 Å². The predicted molar refractivity (Wildman–Crippen MR) is 55.9 cm³/mol. The second-order valence-electron chi connectivity index (χ2n) is 3.07. The van der Waals surface area contributed by atoms with Crippen LogP contribution in [0.4, 0.5) is 0 Å². The standard InChI is InChI=1S/C11H13ClO/c1-11(13,8-5-9-12)10-6-3-2-4-7-10/h2-8,13H,9H2,1H3/b8-5+. The van der Waals surface area contributed by atoms with Crippen molar-refractivity contribution in [2.45, 2.75) is 12.5 Å². The minimum atomic E-state index is -0.920. The lowest BCUT2D eigenvalue weighted by atomic mass is 9.96. The molecule has 1 aromatic rings. The van der Waals surface area contributed by atoms with E-state index in [1.165, 1.54) is 0 Å². The van der Waals surface area contributed by atoms with E-state index in [-0.39, 0.29) is 0 Å². The maximum Gasteiger partial charge on any atom is 0.105 e. The van der Waals surface area contributed by atoms with Gasteiger partial charge in [-0.05, 0) is 12.5 Å². The van der Waals surface area contributed by atoms with Crippen LogP contribution in [0.5, 0.6) is 0 Å². The maximum absolute atomic E-state index is 9.97. The maximum atomic E-state index is 9.97. The Hall–Kier alpha value is -0.790. The summed E-state index contributed by atoms with van der Waals surface area (Å²) in [7, 11) is 0. The summed E-state index contributed by atoms with van der Waals surface area (Å²) in [6.45, 7) is 1.74. The van der Waals surface area contributed by atoms with Gasteiger partial charge in [0.05, 0.1) is 0 Å². The minimum Gasteiger partial charge on any atom is -0.381 e. The molecule has 70 valence electrons. The molecule has 1 rings (SSSR count). The number of rotatable bonds is 3. The van der Waals surface area contributed by atoms with Gasteiger partial charge in [0.25, 0.3) is 0 Å². The van der Waals surface area contributed by atoms with Gasteiger partial charge in [0, 0.05) is 5.88 Å². The van der Waals surface area contributed by atoms with E-state index >= 15 is 0 Å². The quantitative estimate of drug-likeness (QED) is 0.582. The van der Waals surface area contributed by atoms with Crippen LogP contribution in [0.2, 0.25) is 0 Å². The SMILES string of the molecule is CC(O)(/C=C/CCl)c1ccccc1. The zero-order chi connectivity index (χ0) is 9.73. The molecule has 0 heterocycles. The molecular weight excluding hydrogens is 184 g/mol. The van der Waals surface area contributed by atoms with Crippen molar-refractivity contribution < 1.29 is 5.11 Å². The first kappa shape index (κ1) is 10.3. The fourth-order valence-corrected chi connectivity index (χ4v) is 1.23. The first-order valence-corrected chi connectivity index (χ1v) is 4.72. The summed E-state index contributed by atoms with van der Waals surface area (Å²) in [5, 5.41) is 9.97. The Balaban J connectivity index is 2.87. The Morgan fingerprint density at radius 3 is 2.54 bits per heavy atom. The Bertz CT molecular complexity index is 277. The third-order valence-corrected chi connectivity index (χ3v) is 2.07. The van der Waals surface area contributed by atoms with Gasteiger partial charge in [0.15, 0.2) is 0 Å². The molecule has 1 unspecified atom stereocenters. The predicted octanol–water partition coefficient (Wildman–Crippen LogP) is 2.69. The molecule has 0 aliphatic carbocycles. The highest BCUT2D eigenvalue weighted by molar-refractivity contribution is 6.18. The number of allylic oxidation sites excluding steroid dienone is 1. The van der Waals surface area contributed by atoms with Gasteiger partial charge in [0.2, 0.25) is 0 Å². The molecule has 0 saturated heterocycles. The number of benzene rings is 1. The Morgan fingerprint density at radius 2 is 2.00 bits per heavy atom. The first-order valence-electron chi connectivity index (χ1n) is 4.18. The third-order valence-electron chi connectivity index (χ3n) is 1.89. The molecule has 0 fully saturated rings. The summed E-state index contributed by atoms with van der Waals surface area (Å²) in [4.78, 5) is 0. The van der Waals surface area contributed by atoms with Crippen LogP contribution in [-0.2, 0) is 5.60 Å². The van der Waals surface area contributed by atoms with E-state index in [2.05, 4.69) is 0 Å². The van der Waals surface area contributed by atoms with Crippen molar-refractivity contribution in [1.29, 1.82) is 0 Å². The second-order valence-corrected chi connectivity index (χ2v) is 3.38. The van der Waals surface area contributed by atoms with Gasteiger partial charge in [-0.1, -0.05) is 42.5 Å². The molecule has 0 aliphatic rings. The van der Waals surface area contributed by atoms with E-state index in [0.717, 1.165) is 5.56 Å². The van der Waals surface area contributed by atoms with Crippen LogP contribution in [-0.4, -0.2) is 11.0 Å². The van der Waals surface area contributed by atoms with Crippen molar-refractivity contribution >= 4 is 11.6 Å². The van der Waals surface area contributed by atoms with Gasteiger partial charge in [0.1, 0.15) is 5.60 Å². The lowest BCUT2D eigenvalue weighted by Crippen LogP contribution is -2.17. The molecule has 0 radical (unpaired) electrons. The van der Waals surface area contributed by atoms with Crippen LogP contribution in [0, 0.1) is 0 Å². The van der Waals surface area contributed by atoms with E-state index in [1.807, 2.05) is 30.3 Å². The van der Waals surface area contributed by atoms with Gasteiger partial charge in [-0.2, -0.15) is 0 Å². The molecular formula is C11H13ClO. The number of hydrogen-bond acceptors (Lipinski definition) is 1. The van der Waals surface area contributed by atoms with Crippen LogP contribution >= 0.6 is 11.6 Å². The second kappa shape index (κ2) is 4.45. The average Bonchev–Trinajstić information content (AvgIpc) is 2.16. The molecule has 0 saturated carbocycles. The molecule has 0 spiro atoms. The number of halogens is 1. The Morgan fingerprint density at radius 1 is 1.38 bits per heavy atom. The minimum absolute atomic E-state index is 0.420. The van der Waals surface area contributed by atoms with Crippen LogP contribution in [0.15, 0.2) is 42.5 Å². The molecule has 0 aromatic heterocycles. The van der Waals surface area contributed by atoms with Crippen molar-refractivity contribution in [1.82, 2.24) is 0 Å². The van der Waals surface area contributed by atoms with Crippen LogP contribution in [0.3, 0.4) is 0 Å². The smallest absolute Gasteiger partial charge is 0.105 e. The lowest BCUT2D eigenvalue weighted by molar-refractivity contribution is 0.111. The van der Waals surface area contributed by atoms with Gasteiger partial charge in [-0.3, -0.25) is 0 Å². The first-order chi connectivity index (χ1) is 6.17. The van der Waals surface area contributed by atoms with Crippen LogP contribution < -0.4 is 0 Å². The van der Waals surface area contributed by atoms with E-state index in [4.69, 9.17) is 11.6 Å². The summed E-state index contributed by atoms with van der Waals surface area (Å²) < 4.78 is 0.